The molecule has 0 unspecified atom stereocenters. The first-order valence-electron chi connectivity index (χ1n) is 7.98. The van der Waals surface area contributed by atoms with E-state index in [0.717, 1.165) is 0 Å². The van der Waals surface area contributed by atoms with Crippen molar-refractivity contribution in [3.8, 4) is 0 Å². The van der Waals surface area contributed by atoms with Gasteiger partial charge in [0.1, 0.15) is 0 Å². The molecule has 6 N–H and O–H groups in total. The molecule has 11 heteroatoms. The van der Waals surface area contributed by atoms with E-state index in [-0.39, 0.29) is 21.1 Å². The summed E-state index contributed by atoms with van der Waals surface area (Å²) in [5.41, 5.74) is 0. The smallest absolute Gasteiger partial charge is 0.319 e. The van der Waals surface area contributed by atoms with Gasteiger partial charge in [-0.2, -0.15) is 0 Å². The molecule has 0 rings (SSSR count). The molecule has 0 saturated carbocycles. The van der Waals surface area contributed by atoms with Crippen LogP contribution in [0, 0.1) is 0 Å². The number of hydrogen-bond donors (Lipinski definition) is 6. The predicted molar refractivity (Wildman–Crippen MR) is 104 cm³/mol. The Balaban J connectivity index is -0.000000151. The minimum atomic E-state index is -3.81. The van der Waals surface area contributed by atoms with E-state index in [0.29, 0.717) is 0 Å². The summed E-state index contributed by atoms with van der Waals surface area (Å²) in [4.78, 5) is 45.3. The van der Waals surface area contributed by atoms with Gasteiger partial charge in [-0.05, 0) is 23.6 Å². The van der Waals surface area contributed by atoms with Crippen LogP contribution < -0.4 is 0 Å². The third-order valence-electron chi connectivity index (χ3n) is 2.71. The zero-order valence-corrected chi connectivity index (χ0v) is 20.0. The zero-order valence-electron chi connectivity index (χ0n) is 14.6. The first kappa shape index (κ1) is 33.3. The minimum Gasteiger partial charge on any atom is -0.325 e. The molecule has 150 valence electrons. The summed E-state index contributed by atoms with van der Waals surface area (Å²) in [7, 11) is 0. The fourth-order valence-electron chi connectivity index (χ4n) is 1.74. The quantitative estimate of drug-likeness (QED) is 0.150. The van der Waals surface area contributed by atoms with Gasteiger partial charge in [0, 0.05) is 21.1 Å². The Labute approximate surface area is 171 Å². The molecule has 0 saturated heterocycles. The average Bonchev–Trinajstić information content (AvgIpc) is 2.33. The Bertz CT molecular complexity index is 279. The van der Waals surface area contributed by atoms with Gasteiger partial charge >= 0.3 is 13.4 Å². The second-order valence-corrected chi connectivity index (χ2v) is 10.2. The standard InChI is InChI=1S/C13H28.Mo.2H3O3PS/c1-3-5-7-9-11-13-12-10-8-6-4-2;;2*1-4(2,3)5/h3-13H2,1-2H3;;2*(H3,1,2,3,5). The van der Waals surface area contributed by atoms with Gasteiger partial charge in [-0.25, -0.2) is 0 Å². The van der Waals surface area contributed by atoms with E-state index in [2.05, 4.69) is 37.5 Å². The molecule has 0 aromatic carbocycles. The van der Waals surface area contributed by atoms with Gasteiger partial charge < -0.3 is 29.4 Å². The molecule has 0 bridgehead atoms. The van der Waals surface area contributed by atoms with E-state index in [9.17, 15) is 0 Å². The Kier molecular flexibility index (Phi) is 31.7. The molecule has 24 heavy (non-hydrogen) atoms. The monoisotopic (exact) mass is 510 g/mol. The van der Waals surface area contributed by atoms with Gasteiger partial charge in [0.05, 0.1) is 0 Å². The van der Waals surface area contributed by atoms with Crippen LogP contribution in [0.5, 0.6) is 0 Å². The summed E-state index contributed by atoms with van der Waals surface area (Å²) in [6.07, 6.45) is 15.9. The van der Waals surface area contributed by atoms with Gasteiger partial charge in [0.15, 0.2) is 0 Å². The molecule has 0 atom stereocenters. The Morgan fingerprint density at radius 3 is 0.750 bits per heavy atom. The SMILES string of the molecule is CCCCCCCCCCCCC.OP(O)(O)=S.OP(O)(O)=S.[Mo]. The van der Waals surface area contributed by atoms with Gasteiger partial charge in [-0.3, -0.25) is 0 Å². The van der Waals surface area contributed by atoms with Crippen molar-refractivity contribution in [1.82, 2.24) is 0 Å². The molecule has 0 spiro atoms. The average molecular weight is 508 g/mol. The summed E-state index contributed by atoms with van der Waals surface area (Å²) in [5.74, 6) is 0. The second kappa shape index (κ2) is 22.8. The zero-order chi connectivity index (χ0) is 18.8. The number of rotatable bonds is 10. The van der Waals surface area contributed by atoms with E-state index in [1.54, 1.807) is 0 Å². The Morgan fingerprint density at radius 2 is 0.625 bits per heavy atom. The van der Waals surface area contributed by atoms with Gasteiger partial charge in [0.2, 0.25) is 0 Å². The Morgan fingerprint density at radius 1 is 0.500 bits per heavy atom. The fourth-order valence-corrected chi connectivity index (χ4v) is 1.74. The Hall–Kier alpha value is 1.75. The van der Waals surface area contributed by atoms with Crippen molar-refractivity contribution in [2.24, 2.45) is 0 Å². The molecule has 0 heterocycles. The summed E-state index contributed by atoms with van der Waals surface area (Å²) >= 11 is 7.21. The van der Waals surface area contributed by atoms with Crippen molar-refractivity contribution in [3.63, 3.8) is 0 Å². The van der Waals surface area contributed by atoms with E-state index in [1.807, 2.05) is 0 Å². The van der Waals surface area contributed by atoms with Crippen molar-refractivity contribution >= 4 is 37.1 Å². The van der Waals surface area contributed by atoms with Crippen LogP contribution in [-0.2, 0) is 44.7 Å². The van der Waals surface area contributed by atoms with Crippen molar-refractivity contribution in [3.05, 3.63) is 0 Å². The van der Waals surface area contributed by atoms with Crippen LogP contribution in [0.4, 0.5) is 0 Å². The molecular weight excluding hydrogens is 474 g/mol. The third-order valence-corrected chi connectivity index (χ3v) is 2.71. The fraction of sp³-hybridized carbons (Fsp3) is 1.00. The molecule has 6 nitrogen and oxygen atoms in total. The second-order valence-electron chi connectivity index (χ2n) is 5.21. The number of unbranched alkanes of at least 4 members (excludes halogenated alkanes) is 10. The van der Waals surface area contributed by atoms with E-state index in [1.165, 1.54) is 70.6 Å². The summed E-state index contributed by atoms with van der Waals surface area (Å²) in [6, 6.07) is 0. The molecule has 0 aliphatic heterocycles. The molecule has 0 aromatic heterocycles. The first-order chi connectivity index (χ1) is 10.4. The molecule has 0 radical (unpaired) electrons. The topological polar surface area (TPSA) is 121 Å². The largest absolute Gasteiger partial charge is 0.325 e. The summed E-state index contributed by atoms with van der Waals surface area (Å²) < 4.78 is 0. The molecule has 0 aliphatic carbocycles. The summed E-state index contributed by atoms with van der Waals surface area (Å²) in [6.45, 7) is -3.05. The van der Waals surface area contributed by atoms with Crippen LogP contribution in [0.2, 0.25) is 0 Å². The summed E-state index contributed by atoms with van der Waals surface area (Å²) in [5, 5.41) is 0. The van der Waals surface area contributed by atoms with Crippen molar-refractivity contribution in [1.29, 1.82) is 0 Å². The van der Waals surface area contributed by atoms with Crippen LogP contribution in [0.25, 0.3) is 0 Å². The molecule has 0 fully saturated rings. The minimum absolute atomic E-state index is 0. The first-order valence-corrected chi connectivity index (χ1v) is 13.3. The maximum atomic E-state index is 7.56. The van der Waals surface area contributed by atoms with Gasteiger partial charge in [-0.1, -0.05) is 84.5 Å². The number of hydrogen-bond acceptors (Lipinski definition) is 2. The van der Waals surface area contributed by atoms with E-state index in [4.69, 9.17) is 29.4 Å². The van der Waals surface area contributed by atoms with Crippen LogP contribution in [0.3, 0.4) is 0 Å². The maximum Gasteiger partial charge on any atom is 0.319 e. The van der Waals surface area contributed by atoms with Crippen LogP contribution >= 0.6 is 13.4 Å². The van der Waals surface area contributed by atoms with Crippen LogP contribution in [-0.4, -0.2) is 29.4 Å². The van der Waals surface area contributed by atoms with E-state index < -0.39 is 13.4 Å². The van der Waals surface area contributed by atoms with E-state index >= 15 is 0 Å². The van der Waals surface area contributed by atoms with Crippen molar-refractivity contribution < 1.29 is 50.4 Å². The molecule has 0 aliphatic rings. The van der Waals surface area contributed by atoms with Gasteiger partial charge in [0.25, 0.3) is 0 Å². The molecular formula is C13H34MoO6P2S2. The molecule has 0 amide bonds. The van der Waals surface area contributed by atoms with Gasteiger partial charge in [-0.15, -0.1) is 0 Å². The van der Waals surface area contributed by atoms with Crippen molar-refractivity contribution in [2.75, 3.05) is 0 Å². The van der Waals surface area contributed by atoms with Crippen LogP contribution in [0.15, 0.2) is 0 Å². The van der Waals surface area contributed by atoms with Crippen LogP contribution in [0.1, 0.15) is 84.5 Å². The maximum absolute atomic E-state index is 7.56. The predicted octanol–water partition coefficient (Wildman–Crippen LogP) is 3.69. The normalized spacial score (nSPS) is 10.7. The third kappa shape index (κ3) is 89.0. The van der Waals surface area contributed by atoms with Crippen molar-refractivity contribution in [2.45, 2.75) is 84.5 Å². The molecule has 0 aromatic rings.